The van der Waals surface area contributed by atoms with Crippen molar-refractivity contribution in [1.29, 1.82) is 5.26 Å². The van der Waals surface area contributed by atoms with Gasteiger partial charge in [-0.25, -0.2) is 4.85 Å². The summed E-state index contributed by atoms with van der Waals surface area (Å²) in [4.78, 5) is 3.29. The first-order valence-electron chi connectivity index (χ1n) is 4.33. The van der Waals surface area contributed by atoms with E-state index in [2.05, 4.69) is 10.9 Å². The van der Waals surface area contributed by atoms with Crippen LogP contribution in [0.1, 0.15) is 27.7 Å². The first-order chi connectivity index (χ1) is 6.44. The van der Waals surface area contributed by atoms with Crippen molar-refractivity contribution in [2.75, 3.05) is 0 Å². The molecule has 0 aliphatic carbocycles. The van der Waals surface area contributed by atoms with Gasteiger partial charge in [0.25, 0.3) is 0 Å². The topological polar surface area (TPSA) is 37.4 Å². The molecule has 1 aliphatic heterocycles. The maximum absolute atomic E-state index is 8.96. The predicted molar refractivity (Wildman–Crippen MR) is 52.8 cm³/mol. The Morgan fingerprint density at radius 3 is 2.57 bits per heavy atom. The van der Waals surface area contributed by atoms with Crippen molar-refractivity contribution in [3.63, 3.8) is 0 Å². The van der Waals surface area contributed by atoms with Gasteiger partial charge in [0.05, 0.1) is 12.1 Å². The van der Waals surface area contributed by atoms with Crippen molar-refractivity contribution < 1.29 is 4.74 Å². The summed E-state index contributed by atoms with van der Waals surface area (Å²) in [6, 6.07) is 2.09. The minimum absolute atomic E-state index is 0.435. The van der Waals surface area contributed by atoms with E-state index >= 15 is 0 Å². The highest BCUT2D eigenvalue weighted by Gasteiger charge is 2.35. The Kier molecular flexibility index (Phi) is 2.36. The number of nitriles is 1. The van der Waals surface area contributed by atoms with Crippen LogP contribution in [0.5, 0.6) is 0 Å². The van der Waals surface area contributed by atoms with Crippen molar-refractivity contribution in [1.82, 2.24) is 0 Å². The first-order valence-corrected chi connectivity index (χ1v) is 4.33. The maximum atomic E-state index is 8.96. The van der Waals surface area contributed by atoms with Gasteiger partial charge >= 0.3 is 0 Å². The zero-order valence-corrected chi connectivity index (χ0v) is 8.80. The molecule has 0 amide bonds. The second-order valence-corrected chi connectivity index (χ2v) is 3.75. The zero-order chi connectivity index (χ0) is 10.9. The van der Waals surface area contributed by atoms with Crippen LogP contribution in [-0.4, -0.2) is 5.60 Å². The average Bonchev–Trinajstić information content (AvgIpc) is 2.37. The van der Waals surface area contributed by atoms with Crippen LogP contribution in [0.2, 0.25) is 0 Å². The predicted octanol–water partition coefficient (Wildman–Crippen LogP) is 2.79. The lowest BCUT2D eigenvalue weighted by Crippen LogP contribution is -2.20. The lowest BCUT2D eigenvalue weighted by molar-refractivity contribution is 0.0921. The summed E-state index contributed by atoms with van der Waals surface area (Å²) in [6.07, 6.45) is 0. The first kappa shape index (κ1) is 10.3. The van der Waals surface area contributed by atoms with Gasteiger partial charge in [-0.2, -0.15) is 5.26 Å². The lowest BCUT2D eigenvalue weighted by atomic mass is 9.97. The van der Waals surface area contributed by atoms with Crippen LogP contribution in [0.15, 0.2) is 22.6 Å². The highest BCUT2D eigenvalue weighted by Crippen LogP contribution is 2.39. The molecular weight excluding hydrogens is 176 g/mol. The fourth-order valence-corrected chi connectivity index (χ4v) is 1.29. The minimum Gasteiger partial charge on any atom is -0.493 e. The molecule has 0 bridgehead atoms. The molecule has 0 radical (unpaired) electrons. The van der Waals surface area contributed by atoms with Gasteiger partial charge in [-0.05, 0) is 33.3 Å². The molecule has 3 heteroatoms. The van der Waals surface area contributed by atoms with Crippen LogP contribution < -0.4 is 0 Å². The van der Waals surface area contributed by atoms with Crippen LogP contribution in [0.3, 0.4) is 0 Å². The molecule has 0 aromatic rings. The van der Waals surface area contributed by atoms with E-state index < -0.39 is 5.60 Å². The van der Waals surface area contributed by atoms with Crippen LogP contribution in [0.25, 0.3) is 4.85 Å². The van der Waals surface area contributed by atoms with Gasteiger partial charge < -0.3 is 4.74 Å². The molecule has 0 aromatic carbocycles. The van der Waals surface area contributed by atoms with E-state index in [0.717, 1.165) is 5.57 Å². The fourth-order valence-electron chi connectivity index (χ4n) is 1.29. The minimum atomic E-state index is -0.466. The molecule has 1 aliphatic rings. The summed E-state index contributed by atoms with van der Waals surface area (Å²) in [5, 5.41) is 8.96. The van der Waals surface area contributed by atoms with E-state index in [-0.39, 0.29) is 0 Å². The highest BCUT2D eigenvalue weighted by molar-refractivity contribution is 5.51. The van der Waals surface area contributed by atoms with Crippen LogP contribution in [0, 0.1) is 17.9 Å². The van der Waals surface area contributed by atoms with E-state index in [1.54, 1.807) is 6.92 Å². The Balaban J connectivity index is 3.38. The molecule has 0 saturated carbocycles. The quantitative estimate of drug-likeness (QED) is 0.548. The largest absolute Gasteiger partial charge is 0.493 e. The van der Waals surface area contributed by atoms with E-state index in [1.165, 1.54) is 0 Å². The molecule has 0 N–H and O–H groups in total. The van der Waals surface area contributed by atoms with Gasteiger partial charge in [0.1, 0.15) is 17.4 Å². The fraction of sp³-hybridized carbons (Fsp3) is 0.455. The lowest BCUT2D eigenvalue weighted by Gasteiger charge is -2.20. The van der Waals surface area contributed by atoms with Gasteiger partial charge in [-0.1, -0.05) is 0 Å². The van der Waals surface area contributed by atoms with Gasteiger partial charge in [0.15, 0.2) is 0 Å². The van der Waals surface area contributed by atoms with Gasteiger partial charge in [0, 0.05) is 0 Å². The van der Waals surface area contributed by atoms with Crippen molar-refractivity contribution >= 4 is 0 Å². The van der Waals surface area contributed by atoms with E-state index in [1.807, 2.05) is 20.8 Å². The van der Waals surface area contributed by atoms with Gasteiger partial charge in [-0.3, -0.25) is 0 Å². The van der Waals surface area contributed by atoms with Crippen LogP contribution >= 0.6 is 0 Å². The number of hydrogen-bond donors (Lipinski definition) is 0. The standard InChI is InChI=1S/C11H12N2O/c1-7-9(6-12)10(8(2)13-5)14-11(7,3)4/h1-4H3/b10-8-. The molecule has 0 fully saturated rings. The maximum Gasteiger partial charge on any atom is 0.204 e. The Hall–Kier alpha value is -1.74. The highest BCUT2D eigenvalue weighted by atomic mass is 16.5. The number of hydrogen-bond acceptors (Lipinski definition) is 2. The van der Waals surface area contributed by atoms with Crippen molar-refractivity contribution in [2.45, 2.75) is 33.3 Å². The van der Waals surface area contributed by atoms with E-state index in [9.17, 15) is 0 Å². The zero-order valence-electron chi connectivity index (χ0n) is 8.80. The third-order valence-corrected chi connectivity index (χ3v) is 2.47. The Bertz CT molecular complexity index is 414. The van der Waals surface area contributed by atoms with Crippen LogP contribution in [0.4, 0.5) is 0 Å². The Labute approximate surface area is 84.1 Å². The molecule has 72 valence electrons. The van der Waals surface area contributed by atoms with Gasteiger partial charge in [0.2, 0.25) is 5.70 Å². The molecule has 0 atom stereocenters. The van der Waals surface area contributed by atoms with Crippen molar-refractivity contribution in [3.05, 3.63) is 34.0 Å². The second-order valence-electron chi connectivity index (χ2n) is 3.75. The summed E-state index contributed by atoms with van der Waals surface area (Å²) in [5.41, 5.74) is 1.36. The summed E-state index contributed by atoms with van der Waals surface area (Å²) in [7, 11) is 0. The molecule has 3 nitrogen and oxygen atoms in total. The summed E-state index contributed by atoms with van der Waals surface area (Å²) >= 11 is 0. The summed E-state index contributed by atoms with van der Waals surface area (Å²) in [5.74, 6) is 0.435. The van der Waals surface area contributed by atoms with Crippen LogP contribution in [-0.2, 0) is 4.74 Å². The third-order valence-electron chi connectivity index (χ3n) is 2.47. The molecule has 0 unspecified atom stereocenters. The molecule has 1 heterocycles. The average molecular weight is 188 g/mol. The number of rotatable bonds is 0. The molecule has 0 spiro atoms. The van der Waals surface area contributed by atoms with Crippen molar-refractivity contribution in [3.8, 4) is 6.07 Å². The van der Waals surface area contributed by atoms with Crippen molar-refractivity contribution in [2.24, 2.45) is 0 Å². The molecular formula is C11H12N2O. The number of nitrogens with zero attached hydrogens (tertiary/aromatic N) is 2. The summed E-state index contributed by atoms with van der Waals surface area (Å²) < 4.78 is 5.59. The Morgan fingerprint density at radius 2 is 2.14 bits per heavy atom. The molecule has 0 aromatic heterocycles. The normalized spacial score (nSPS) is 22.4. The molecule has 14 heavy (non-hydrogen) atoms. The number of ether oxygens (including phenoxy) is 1. The Morgan fingerprint density at radius 1 is 1.57 bits per heavy atom. The summed E-state index contributed by atoms with van der Waals surface area (Å²) in [6.45, 7) is 14.2. The third kappa shape index (κ3) is 1.38. The van der Waals surface area contributed by atoms with E-state index in [4.69, 9.17) is 16.6 Å². The number of allylic oxidation sites excluding steroid dienone is 2. The van der Waals surface area contributed by atoms with E-state index in [0.29, 0.717) is 17.0 Å². The molecule has 0 saturated heterocycles. The smallest absolute Gasteiger partial charge is 0.204 e. The SMILES string of the molecule is [C-]#[N+]/C(C)=C1\OC(C)(C)C(C)=C1C#N. The molecule has 1 rings (SSSR count). The van der Waals surface area contributed by atoms with Gasteiger partial charge in [-0.15, -0.1) is 0 Å². The second kappa shape index (κ2) is 3.20. The monoisotopic (exact) mass is 188 g/mol.